The number of fused-ring (bicyclic) bond motifs is 1. The summed E-state index contributed by atoms with van der Waals surface area (Å²) in [6.07, 6.45) is 12.3. The van der Waals surface area contributed by atoms with Crippen molar-refractivity contribution in [1.82, 2.24) is 19.9 Å². The summed E-state index contributed by atoms with van der Waals surface area (Å²) in [5.74, 6) is 0.605. The number of nitrogens with zero attached hydrogens (tertiary/aromatic N) is 3. The molecule has 0 spiro atoms. The highest BCUT2D eigenvalue weighted by molar-refractivity contribution is 5.99. The maximum Gasteiger partial charge on any atom is 0.248 e. The van der Waals surface area contributed by atoms with E-state index in [0.29, 0.717) is 11.7 Å². The van der Waals surface area contributed by atoms with Crippen molar-refractivity contribution in [2.75, 3.05) is 5.32 Å². The number of hydrogen-bond acceptors (Lipinski definition) is 5. The first-order valence-corrected chi connectivity index (χ1v) is 11.7. The number of amides is 1. The molecule has 34 heavy (non-hydrogen) atoms. The number of rotatable bonds is 7. The van der Waals surface area contributed by atoms with Gasteiger partial charge in [-0.25, -0.2) is 4.98 Å². The summed E-state index contributed by atoms with van der Waals surface area (Å²) in [6, 6.07) is 9.97. The van der Waals surface area contributed by atoms with Crippen molar-refractivity contribution in [3.8, 4) is 28.1 Å². The van der Waals surface area contributed by atoms with Crippen LogP contribution >= 0.6 is 0 Å². The van der Waals surface area contributed by atoms with Crippen LogP contribution in [0, 0.1) is 0 Å². The Morgan fingerprint density at radius 1 is 1.18 bits per heavy atom. The SMILES string of the molecule is C=CC(=O)Nc1cc(-c2cnc3[nH]cc(-c4ccnc(CC)c4)c3c2)cc(OC2CCCC2)n1. The van der Waals surface area contributed by atoms with Crippen LogP contribution in [0.15, 0.2) is 61.6 Å². The van der Waals surface area contributed by atoms with Crippen molar-refractivity contribution in [1.29, 1.82) is 0 Å². The van der Waals surface area contributed by atoms with Gasteiger partial charge in [0.2, 0.25) is 11.8 Å². The Bertz CT molecular complexity index is 1350. The fourth-order valence-electron chi connectivity index (χ4n) is 4.39. The highest BCUT2D eigenvalue weighted by atomic mass is 16.5. The van der Waals surface area contributed by atoms with Crippen LogP contribution in [0.25, 0.3) is 33.3 Å². The van der Waals surface area contributed by atoms with Crippen molar-refractivity contribution >= 4 is 22.8 Å². The number of nitrogens with one attached hydrogen (secondary N) is 2. The van der Waals surface area contributed by atoms with Crippen molar-refractivity contribution in [2.24, 2.45) is 0 Å². The Morgan fingerprint density at radius 3 is 2.82 bits per heavy atom. The summed E-state index contributed by atoms with van der Waals surface area (Å²) >= 11 is 0. The molecule has 1 saturated carbocycles. The van der Waals surface area contributed by atoms with E-state index in [9.17, 15) is 4.79 Å². The number of carbonyl (C=O) groups excluding carboxylic acids is 1. The van der Waals surface area contributed by atoms with Crippen molar-refractivity contribution in [2.45, 2.75) is 45.1 Å². The zero-order valence-corrected chi connectivity index (χ0v) is 19.2. The van der Waals surface area contributed by atoms with E-state index in [-0.39, 0.29) is 12.0 Å². The number of ether oxygens (including phenoxy) is 1. The summed E-state index contributed by atoms with van der Waals surface area (Å²) in [5, 5.41) is 3.78. The van der Waals surface area contributed by atoms with Crippen molar-refractivity contribution in [3.05, 3.63) is 67.3 Å². The van der Waals surface area contributed by atoms with Gasteiger partial charge in [-0.2, -0.15) is 4.98 Å². The van der Waals surface area contributed by atoms with Crippen LogP contribution in [0.5, 0.6) is 5.88 Å². The largest absolute Gasteiger partial charge is 0.474 e. The molecule has 0 radical (unpaired) electrons. The summed E-state index contributed by atoms with van der Waals surface area (Å²) in [4.78, 5) is 28.8. The number of anilines is 1. The zero-order valence-electron chi connectivity index (χ0n) is 19.2. The maximum atomic E-state index is 11.9. The fraction of sp³-hybridized carbons (Fsp3) is 0.259. The third-order valence-electron chi connectivity index (χ3n) is 6.18. The van der Waals surface area contributed by atoms with Gasteiger partial charge in [-0.05, 0) is 73.6 Å². The molecule has 1 aliphatic carbocycles. The molecule has 0 saturated heterocycles. The number of aryl methyl sites for hydroxylation is 1. The molecule has 0 aliphatic heterocycles. The standard InChI is InChI=1S/C27H27N5O2/c1-3-20-11-17(9-10-28-20)23-16-30-27-22(23)12-19(15-29-27)18-13-24(31-25(33)4-2)32-26(14-18)34-21-7-5-6-8-21/h4,9-16,21H,2-3,5-8H2,1H3,(H,29,30)(H,31,32,33). The molecular formula is C27H27N5O2. The van der Waals surface area contributed by atoms with Gasteiger partial charge >= 0.3 is 0 Å². The van der Waals surface area contributed by atoms with Crippen molar-refractivity contribution < 1.29 is 9.53 Å². The molecule has 1 aliphatic rings. The minimum atomic E-state index is -0.317. The molecule has 0 aromatic carbocycles. The van der Waals surface area contributed by atoms with Gasteiger partial charge < -0.3 is 15.0 Å². The van der Waals surface area contributed by atoms with Crippen molar-refractivity contribution in [3.63, 3.8) is 0 Å². The average molecular weight is 454 g/mol. The summed E-state index contributed by atoms with van der Waals surface area (Å²) in [5.41, 5.74) is 5.79. The third kappa shape index (κ3) is 4.55. The van der Waals surface area contributed by atoms with Gasteiger partial charge in [-0.3, -0.25) is 9.78 Å². The second-order valence-electron chi connectivity index (χ2n) is 8.51. The second kappa shape index (κ2) is 9.47. The molecule has 5 rings (SSSR count). The monoisotopic (exact) mass is 453 g/mol. The lowest BCUT2D eigenvalue weighted by Crippen LogP contribution is -2.14. The molecule has 1 fully saturated rings. The van der Waals surface area contributed by atoms with Gasteiger partial charge in [0.25, 0.3) is 0 Å². The zero-order chi connectivity index (χ0) is 23.5. The molecule has 172 valence electrons. The first kappa shape index (κ1) is 21.8. The van der Waals surface area contributed by atoms with Crippen LogP contribution in [0.4, 0.5) is 5.82 Å². The first-order chi connectivity index (χ1) is 16.6. The fourth-order valence-corrected chi connectivity index (χ4v) is 4.39. The maximum absolute atomic E-state index is 11.9. The van der Waals surface area contributed by atoms with E-state index in [2.05, 4.69) is 50.9 Å². The molecule has 2 N–H and O–H groups in total. The van der Waals surface area contributed by atoms with E-state index in [1.165, 1.54) is 6.08 Å². The summed E-state index contributed by atoms with van der Waals surface area (Å²) in [7, 11) is 0. The molecule has 4 heterocycles. The number of aromatic amines is 1. The molecule has 4 aromatic heterocycles. The van der Waals surface area contributed by atoms with Gasteiger partial charge in [0, 0.05) is 46.9 Å². The number of aromatic nitrogens is 4. The molecule has 0 bridgehead atoms. The number of hydrogen-bond donors (Lipinski definition) is 2. The van der Waals surface area contributed by atoms with Crippen LogP contribution < -0.4 is 10.1 Å². The van der Waals surface area contributed by atoms with Crippen LogP contribution in [0.3, 0.4) is 0 Å². The summed E-state index contributed by atoms with van der Waals surface area (Å²) < 4.78 is 6.16. The predicted molar refractivity (Wildman–Crippen MR) is 134 cm³/mol. The average Bonchev–Trinajstić information content (AvgIpc) is 3.53. The molecule has 1 amide bonds. The summed E-state index contributed by atoms with van der Waals surface area (Å²) in [6.45, 7) is 5.63. The van der Waals surface area contributed by atoms with E-state index in [1.807, 2.05) is 36.8 Å². The second-order valence-corrected chi connectivity index (χ2v) is 8.51. The lowest BCUT2D eigenvalue weighted by molar-refractivity contribution is -0.111. The minimum Gasteiger partial charge on any atom is -0.474 e. The van der Waals surface area contributed by atoms with E-state index < -0.39 is 0 Å². The molecule has 0 atom stereocenters. The highest BCUT2D eigenvalue weighted by Gasteiger charge is 2.19. The predicted octanol–water partition coefficient (Wildman–Crippen LogP) is 5.70. The smallest absolute Gasteiger partial charge is 0.248 e. The highest BCUT2D eigenvalue weighted by Crippen LogP contribution is 2.33. The number of carbonyl (C=O) groups is 1. The first-order valence-electron chi connectivity index (χ1n) is 11.7. The molecule has 0 unspecified atom stereocenters. The molecule has 7 heteroatoms. The van der Waals surface area contributed by atoms with Gasteiger partial charge in [0.1, 0.15) is 17.6 Å². The Labute approximate surface area is 198 Å². The Hall–Kier alpha value is -4.00. The minimum absolute atomic E-state index is 0.155. The Morgan fingerprint density at radius 2 is 2.03 bits per heavy atom. The number of H-pyrrole nitrogens is 1. The van der Waals surface area contributed by atoms with Gasteiger partial charge in [-0.15, -0.1) is 0 Å². The van der Waals surface area contributed by atoms with Gasteiger partial charge in [-0.1, -0.05) is 13.5 Å². The molecule has 7 nitrogen and oxygen atoms in total. The van der Waals surface area contributed by atoms with E-state index >= 15 is 0 Å². The van der Waals surface area contributed by atoms with Gasteiger partial charge in [0.15, 0.2) is 0 Å². The normalized spacial score (nSPS) is 13.8. The van der Waals surface area contributed by atoms with E-state index in [4.69, 9.17) is 4.74 Å². The Kier molecular flexibility index (Phi) is 6.08. The molecular weight excluding hydrogens is 426 g/mol. The Balaban J connectivity index is 1.56. The van der Waals surface area contributed by atoms with Crippen LogP contribution in [0.2, 0.25) is 0 Å². The number of pyridine rings is 3. The van der Waals surface area contributed by atoms with Crippen LogP contribution in [-0.2, 0) is 11.2 Å². The quantitative estimate of drug-likeness (QED) is 0.350. The van der Waals surface area contributed by atoms with Crippen LogP contribution in [-0.4, -0.2) is 31.9 Å². The van der Waals surface area contributed by atoms with Gasteiger partial charge in [0.05, 0.1) is 0 Å². The lowest BCUT2D eigenvalue weighted by atomic mass is 10.0. The third-order valence-corrected chi connectivity index (χ3v) is 6.18. The topological polar surface area (TPSA) is 92.8 Å². The molecule has 4 aromatic rings. The van der Waals surface area contributed by atoms with E-state index in [1.54, 1.807) is 0 Å². The van der Waals surface area contributed by atoms with E-state index in [0.717, 1.165) is 71.1 Å². The lowest BCUT2D eigenvalue weighted by Gasteiger charge is -2.15. The van der Waals surface area contributed by atoms with Crippen LogP contribution in [0.1, 0.15) is 38.3 Å².